The molecule has 0 spiro atoms. The van der Waals surface area contributed by atoms with Gasteiger partial charge in [0.25, 0.3) is 0 Å². The molecule has 0 saturated heterocycles. The third-order valence-electron chi connectivity index (χ3n) is 2.86. The van der Waals surface area contributed by atoms with Crippen LogP contribution in [-0.4, -0.2) is 15.1 Å². The van der Waals surface area contributed by atoms with E-state index in [1.165, 1.54) is 0 Å². The van der Waals surface area contributed by atoms with E-state index >= 15 is 0 Å². The molecular weight excluding hydrogens is 177 g/mol. The van der Waals surface area contributed by atoms with E-state index in [-0.39, 0.29) is 5.92 Å². The fourth-order valence-corrected chi connectivity index (χ4v) is 2.94. The average molecular weight is 193 g/mol. The Morgan fingerprint density at radius 3 is 2.42 bits per heavy atom. The molecule has 0 bridgehead atoms. The summed E-state index contributed by atoms with van der Waals surface area (Å²) in [4.78, 5) is 18.1. The van der Waals surface area contributed by atoms with Gasteiger partial charge in [-0.2, -0.15) is 0 Å². The van der Waals surface area contributed by atoms with E-state index in [1.54, 1.807) is 0 Å². The van der Waals surface area contributed by atoms with Crippen molar-refractivity contribution >= 4 is 7.60 Å². The van der Waals surface area contributed by atoms with Crippen molar-refractivity contribution in [3.05, 3.63) is 0 Å². The third-order valence-corrected chi connectivity index (χ3v) is 4.61. The van der Waals surface area contributed by atoms with Gasteiger partial charge in [-0.25, -0.2) is 0 Å². The van der Waals surface area contributed by atoms with Crippen molar-refractivity contribution in [2.24, 2.45) is 11.7 Å². The predicted molar refractivity (Wildman–Crippen MR) is 46.6 cm³/mol. The van der Waals surface area contributed by atoms with Gasteiger partial charge in [-0.1, -0.05) is 19.8 Å². The van der Waals surface area contributed by atoms with E-state index in [0.29, 0.717) is 6.42 Å². The highest BCUT2D eigenvalue weighted by molar-refractivity contribution is 7.53. The van der Waals surface area contributed by atoms with Crippen LogP contribution in [0.3, 0.4) is 0 Å². The summed E-state index contributed by atoms with van der Waals surface area (Å²) in [7, 11) is -4.13. The monoisotopic (exact) mass is 193 g/mol. The van der Waals surface area contributed by atoms with Gasteiger partial charge in [-0.15, -0.1) is 0 Å². The minimum atomic E-state index is -4.13. The van der Waals surface area contributed by atoms with E-state index in [9.17, 15) is 4.57 Å². The molecule has 0 amide bonds. The Bertz CT molecular complexity index is 215. The van der Waals surface area contributed by atoms with Gasteiger partial charge in [0.05, 0.1) is 0 Å². The molecule has 0 unspecified atom stereocenters. The third kappa shape index (κ3) is 1.57. The van der Waals surface area contributed by atoms with E-state index in [4.69, 9.17) is 15.5 Å². The smallest absolute Gasteiger partial charge is 0.323 e. The molecule has 0 heterocycles. The second kappa shape index (κ2) is 3.11. The quantitative estimate of drug-likeness (QED) is 0.543. The van der Waals surface area contributed by atoms with Gasteiger partial charge in [-0.3, -0.25) is 4.57 Å². The normalized spacial score (nSPS) is 38.2. The lowest BCUT2D eigenvalue weighted by molar-refractivity contribution is 0.226. The van der Waals surface area contributed by atoms with Crippen molar-refractivity contribution < 1.29 is 14.4 Å². The molecule has 1 fully saturated rings. The first-order valence-electron chi connectivity index (χ1n) is 4.22. The van der Waals surface area contributed by atoms with Crippen LogP contribution in [0.25, 0.3) is 0 Å². The van der Waals surface area contributed by atoms with Crippen LogP contribution in [0.4, 0.5) is 0 Å². The second-order valence-electron chi connectivity index (χ2n) is 3.68. The molecule has 1 rings (SSSR count). The van der Waals surface area contributed by atoms with Crippen molar-refractivity contribution in [3.8, 4) is 0 Å². The summed E-state index contributed by atoms with van der Waals surface area (Å²) in [5.74, 6) is -0.0768. The molecule has 12 heavy (non-hydrogen) atoms. The van der Waals surface area contributed by atoms with Crippen LogP contribution in [0.1, 0.15) is 32.6 Å². The highest BCUT2D eigenvalue weighted by Gasteiger charge is 2.48. The zero-order valence-electron chi connectivity index (χ0n) is 7.23. The molecule has 0 radical (unpaired) electrons. The van der Waals surface area contributed by atoms with E-state index < -0.39 is 12.9 Å². The van der Waals surface area contributed by atoms with Crippen molar-refractivity contribution in [1.29, 1.82) is 0 Å². The fraction of sp³-hybridized carbons (Fsp3) is 1.00. The zero-order valence-corrected chi connectivity index (χ0v) is 8.13. The minimum absolute atomic E-state index is 0.0768. The van der Waals surface area contributed by atoms with Gasteiger partial charge >= 0.3 is 7.60 Å². The van der Waals surface area contributed by atoms with Crippen LogP contribution in [0.2, 0.25) is 0 Å². The van der Waals surface area contributed by atoms with Crippen LogP contribution in [0.15, 0.2) is 0 Å². The lowest BCUT2D eigenvalue weighted by atomic mass is 9.86. The van der Waals surface area contributed by atoms with Crippen LogP contribution in [0.5, 0.6) is 0 Å². The summed E-state index contributed by atoms with van der Waals surface area (Å²) in [5.41, 5.74) is 5.72. The van der Waals surface area contributed by atoms with Gasteiger partial charge in [0.15, 0.2) is 0 Å². The second-order valence-corrected chi connectivity index (χ2v) is 5.60. The number of rotatable bonds is 1. The maximum absolute atomic E-state index is 11.1. The molecule has 0 aromatic rings. The summed E-state index contributed by atoms with van der Waals surface area (Å²) >= 11 is 0. The largest absolute Gasteiger partial charge is 0.345 e. The van der Waals surface area contributed by atoms with Gasteiger partial charge in [0, 0.05) is 0 Å². The molecule has 4 nitrogen and oxygen atoms in total. The van der Waals surface area contributed by atoms with Crippen LogP contribution in [-0.2, 0) is 4.57 Å². The highest BCUT2D eigenvalue weighted by atomic mass is 31.2. The first kappa shape index (κ1) is 10.2. The Hall–Kier alpha value is 0.110. The number of hydrogen-bond donors (Lipinski definition) is 3. The van der Waals surface area contributed by atoms with E-state index in [0.717, 1.165) is 19.3 Å². The average Bonchev–Trinajstić information content (AvgIpc) is 1.93. The Morgan fingerprint density at radius 2 is 2.08 bits per heavy atom. The van der Waals surface area contributed by atoms with Crippen LogP contribution in [0, 0.1) is 5.92 Å². The Kier molecular flexibility index (Phi) is 2.64. The molecule has 0 aliphatic heterocycles. The molecule has 0 aromatic carbocycles. The maximum atomic E-state index is 11.1. The summed E-state index contributed by atoms with van der Waals surface area (Å²) in [5, 5.41) is -1.26. The van der Waals surface area contributed by atoms with Crippen molar-refractivity contribution in [3.63, 3.8) is 0 Å². The summed E-state index contributed by atoms with van der Waals surface area (Å²) in [6, 6.07) is 0. The minimum Gasteiger partial charge on any atom is -0.323 e. The standard InChI is InChI=1S/C7H16NO3P/c1-6-4-2-3-5-7(6,8)12(9,10)11/h6H,2-5,8H2,1H3,(H2,9,10,11)/t6-,7-/m0/s1. The topological polar surface area (TPSA) is 83.6 Å². The molecule has 1 aliphatic rings. The first-order valence-corrected chi connectivity index (χ1v) is 5.84. The number of nitrogens with two attached hydrogens (primary N) is 1. The fourth-order valence-electron chi connectivity index (χ4n) is 1.79. The lowest BCUT2D eigenvalue weighted by Crippen LogP contribution is -2.47. The Labute approximate surface area is 72.3 Å². The molecule has 1 saturated carbocycles. The Morgan fingerprint density at radius 1 is 1.50 bits per heavy atom. The molecule has 0 aromatic heterocycles. The molecule has 5 heteroatoms. The molecule has 72 valence electrons. The first-order chi connectivity index (χ1) is 5.38. The van der Waals surface area contributed by atoms with Gasteiger partial charge in [-0.05, 0) is 18.8 Å². The van der Waals surface area contributed by atoms with E-state index in [2.05, 4.69) is 0 Å². The molecule has 4 N–H and O–H groups in total. The van der Waals surface area contributed by atoms with Crippen molar-refractivity contribution in [1.82, 2.24) is 0 Å². The van der Waals surface area contributed by atoms with Gasteiger partial charge < -0.3 is 15.5 Å². The zero-order chi connectivity index (χ0) is 9.41. The van der Waals surface area contributed by atoms with Crippen molar-refractivity contribution in [2.75, 3.05) is 0 Å². The highest BCUT2D eigenvalue weighted by Crippen LogP contribution is 2.56. The SMILES string of the molecule is C[C@H]1CCCC[C@]1(N)P(=O)(O)O. The van der Waals surface area contributed by atoms with Crippen molar-refractivity contribution in [2.45, 2.75) is 37.9 Å². The van der Waals surface area contributed by atoms with Crippen LogP contribution < -0.4 is 5.73 Å². The predicted octanol–water partition coefficient (Wildman–Crippen LogP) is 1.03. The molecule has 2 atom stereocenters. The van der Waals surface area contributed by atoms with Crippen LogP contribution >= 0.6 is 7.60 Å². The maximum Gasteiger partial charge on any atom is 0.345 e. The molecule has 1 aliphatic carbocycles. The van der Waals surface area contributed by atoms with Gasteiger partial charge in [0.1, 0.15) is 5.28 Å². The summed E-state index contributed by atoms with van der Waals surface area (Å²) in [6.45, 7) is 1.82. The lowest BCUT2D eigenvalue weighted by Gasteiger charge is -2.39. The Balaban J connectivity index is 2.87. The molecular formula is C7H16NO3P. The summed E-state index contributed by atoms with van der Waals surface area (Å²) in [6.07, 6.45) is 3.12. The summed E-state index contributed by atoms with van der Waals surface area (Å²) < 4.78 is 11.1. The van der Waals surface area contributed by atoms with Gasteiger partial charge in [0.2, 0.25) is 0 Å². The number of hydrogen-bond acceptors (Lipinski definition) is 2. The van der Waals surface area contributed by atoms with E-state index in [1.807, 2.05) is 6.92 Å².